The molecule has 6 rings (SSSR count). The van der Waals surface area contributed by atoms with Gasteiger partial charge >= 0.3 is 0 Å². The molecule has 9 nitrogen and oxygen atoms in total. The van der Waals surface area contributed by atoms with Crippen LogP contribution in [0.5, 0.6) is 5.75 Å². The monoisotopic (exact) mass is 658 g/mol. The first-order chi connectivity index (χ1) is 22.4. The highest BCUT2D eigenvalue weighted by molar-refractivity contribution is 6.39. The van der Waals surface area contributed by atoms with E-state index >= 15 is 0 Å². The zero-order valence-electron chi connectivity index (χ0n) is 25.7. The number of pyridine rings is 2. The van der Waals surface area contributed by atoms with Crippen molar-refractivity contribution in [1.82, 2.24) is 30.5 Å². The fourth-order valence-electron chi connectivity index (χ4n) is 5.97. The van der Waals surface area contributed by atoms with E-state index in [0.29, 0.717) is 48.3 Å². The van der Waals surface area contributed by atoms with Crippen LogP contribution in [0.15, 0.2) is 67.0 Å². The first kappa shape index (κ1) is 32.0. The van der Waals surface area contributed by atoms with E-state index in [2.05, 4.69) is 33.2 Å². The molecule has 1 aliphatic rings. The lowest BCUT2D eigenvalue weighted by molar-refractivity contribution is -0.119. The van der Waals surface area contributed by atoms with Gasteiger partial charge in [0.15, 0.2) is 0 Å². The molecule has 238 valence electrons. The third-order valence-electron chi connectivity index (χ3n) is 8.31. The van der Waals surface area contributed by atoms with E-state index in [1.807, 2.05) is 60.1 Å². The first-order valence-corrected chi connectivity index (χ1v) is 16.0. The fraction of sp³-hybridized carbons (Fsp3) is 0.286. The minimum Gasteiger partial charge on any atom is -0.496 e. The maximum atomic E-state index is 11.5. The van der Waals surface area contributed by atoms with Crippen molar-refractivity contribution in [1.29, 1.82) is 0 Å². The van der Waals surface area contributed by atoms with Gasteiger partial charge in [-0.05, 0) is 36.2 Å². The zero-order valence-corrected chi connectivity index (χ0v) is 27.3. The lowest BCUT2D eigenvalue weighted by Gasteiger charge is -2.16. The Balaban J connectivity index is 1.27. The summed E-state index contributed by atoms with van der Waals surface area (Å²) in [6.45, 7) is 2.57. The molecule has 0 saturated carbocycles. The third kappa shape index (κ3) is 6.61. The molecular weight excluding hydrogens is 623 g/mol. The molecule has 3 aromatic heterocycles. The Kier molecular flexibility index (Phi) is 9.86. The zero-order chi connectivity index (χ0) is 32.2. The number of rotatable bonds is 12. The highest BCUT2D eigenvalue weighted by Gasteiger charge is 2.21. The Hall–Kier alpha value is -3.99. The van der Waals surface area contributed by atoms with E-state index in [4.69, 9.17) is 38.0 Å². The van der Waals surface area contributed by atoms with Gasteiger partial charge in [0.05, 0.1) is 35.1 Å². The van der Waals surface area contributed by atoms with Crippen molar-refractivity contribution in [3.05, 3.63) is 88.2 Å². The Morgan fingerprint density at radius 3 is 2.61 bits per heavy atom. The van der Waals surface area contributed by atoms with E-state index in [0.717, 1.165) is 62.3 Å². The van der Waals surface area contributed by atoms with Crippen molar-refractivity contribution in [3.8, 4) is 39.4 Å². The lowest BCUT2D eigenvalue weighted by Crippen LogP contribution is -2.35. The predicted molar refractivity (Wildman–Crippen MR) is 183 cm³/mol. The summed E-state index contributed by atoms with van der Waals surface area (Å²) in [4.78, 5) is 21.1. The lowest BCUT2D eigenvalue weighted by atomic mass is 9.99. The number of nitrogens with one attached hydrogen (secondary N) is 3. The first-order valence-electron chi connectivity index (χ1n) is 15.3. The molecule has 1 atom stereocenters. The van der Waals surface area contributed by atoms with Crippen LogP contribution < -0.4 is 20.7 Å². The predicted octanol–water partition coefficient (Wildman–Crippen LogP) is 5.73. The molecule has 4 heterocycles. The molecule has 4 N–H and O–H groups in total. The number of benzene rings is 2. The third-order valence-corrected chi connectivity index (χ3v) is 9.10. The summed E-state index contributed by atoms with van der Waals surface area (Å²) in [5, 5.41) is 20.8. The summed E-state index contributed by atoms with van der Waals surface area (Å²) in [5.74, 6) is 0.829. The number of amides is 1. The number of hydrogen-bond acceptors (Lipinski definition) is 7. The van der Waals surface area contributed by atoms with Crippen molar-refractivity contribution in [2.45, 2.75) is 32.0 Å². The summed E-state index contributed by atoms with van der Waals surface area (Å²) in [6, 6.07) is 17.9. The molecule has 0 spiro atoms. The Morgan fingerprint density at radius 1 is 1.02 bits per heavy atom. The van der Waals surface area contributed by atoms with Crippen LogP contribution >= 0.6 is 23.2 Å². The number of carbonyl (C=O) groups is 1. The molecule has 0 bridgehead atoms. The number of nitrogens with zero attached hydrogens (tertiary/aromatic N) is 3. The number of carbonyl (C=O) groups excluding carboxylic acids is 1. The average Bonchev–Trinajstić information content (AvgIpc) is 3.63. The number of fused-ring (bicyclic) bond motifs is 1. The highest BCUT2D eigenvalue weighted by Crippen LogP contribution is 2.42. The van der Waals surface area contributed by atoms with Crippen LogP contribution in [0.25, 0.3) is 44.7 Å². The van der Waals surface area contributed by atoms with E-state index in [1.165, 1.54) is 0 Å². The van der Waals surface area contributed by atoms with Gasteiger partial charge in [0.2, 0.25) is 5.91 Å². The van der Waals surface area contributed by atoms with Crippen molar-refractivity contribution < 1.29 is 14.6 Å². The van der Waals surface area contributed by atoms with Crippen LogP contribution in [0.4, 0.5) is 0 Å². The van der Waals surface area contributed by atoms with Gasteiger partial charge in [-0.25, -0.2) is 4.98 Å². The summed E-state index contributed by atoms with van der Waals surface area (Å²) < 4.78 is 7.73. The molecule has 11 heteroatoms. The number of aryl methyl sites for hydroxylation is 1. The van der Waals surface area contributed by atoms with Gasteiger partial charge < -0.3 is 30.4 Å². The van der Waals surface area contributed by atoms with Crippen LogP contribution in [0.2, 0.25) is 10.0 Å². The quantitative estimate of drug-likeness (QED) is 0.127. The van der Waals surface area contributed by atoms with E-state index in [1.54, 1.807) is 13.3 Å². The second-order valence-electron chi connectivity index (χ2n) is 11.4. The Bertz CT molecular complexity index is 1890. The standard InChI is InChI=1S/C35H36Cl2N6O3/c1-43-20-23(18-38-14-15-44)25-9-10-29(42-35(25)43)28-5-3-4-26(32(28)36)27-12-13-40-34(33(27)37)21-6-7-22(30(16-21)46-2)17-39-19-24-8-11-31(45)41-24/h3-7,9-10,12-13,16,20,24,38-39,44H,8,11,14-15,17-19H2,1-2H3,(H,41,45)/t24-/m1/s1. The number of aromatic nitrogens is 3. The van der Waals surface area contributed by atoms with E-state index in [9.17, 15) is 4.79 Å². The minimum atomic E-state index is 0.0905. The van der Waals surface area contributed by atoms with E-state index in [-0.39, 0.29) is 18.6 Å². The van der Waals surface area contributed by atoms with Crippen LogP contribution in [0.3, 0.4) is 0 Å². The second-order valence-corrected chi connectivity index (χ2v) is 12.1. The van der Waals surface area contributed by atoms with Crippen molar-refractivity contribution >= 4 is 40.1 Å². The molecule has 0 aliphatic carbocycles. The second kappa shape index (κ2) is 14.2. The van der Waals surface area contributed by atoms with Gasteiger partial charge in [0.25, 0.3) is 0 Å². The average molecular weight is 660 g/mol. The summed E-state index contributed by atoms with van der Waals surface area (Å²) in [7, 11) is 3.62. The van der Waals surface area contributed by atoms with Gasteiger partial charge in [-0.2, -0.15) is 0 Å². The van der Waals surface area contributed by atoms with Crippen LogP contribution in [0, 0.1) is 0 Å². The summed E-state index contributed by atoms with van der Waals surface area (Å²) in [5.41, 5.74) is 7.50. The molecule has 5 aromatic rings. The molecule has 2 aromatic carbocycles. The number of halogens is 2. The normalized spacial score (nSPS) is 14.6. The fourth-order valence-corrected chi connectivity index (χ4v) is 6.61. The molecule has 46 heavy (non-hydrogen) atoms. The molecule has 1 aliphatic heterocycles. The van der Waals surface area contributed by atoms with Crippen LogP contribution in [-0.2, 0) is 24.9 Å². The van der Waals surface area contributed by atoms with Gasteiger partial charge in [0.1, 0.15) is 11.4 Å². The molecule has 0 radical (unpaired) electrons. The molecule has 1 amide bonds. The maximum absolute atomic E-state index is 11.5. The number of aliphatic hydroxyl groups is 1. The molecule has 0 unspecified atom stereocenters. The minimum absolute atomic E-state index is 0.0905. The topological polar surface area (TPSA) is 113 Å². The summed E-state index contributed by atoms with van der Waals surface area (Å²) in [6.07, 6.45) is 5.22. The van der Waals surface area contributed by atoms with Gasteiger partial charge in [0, 0.05) is 91.3 Å². The van der Waals surface area contributed by atoms with E-state index < -0.39 is 0 Å². The number of methoxy groups -OCH3 is 1. The van der Waals surface area contributed by atoms with Gasteiger partial charge in [-0.1, -0.05) is 53.5 Å². The van der Waals surface area contributed by atoms with Crippen LogP contribution in [0.1, 0.15) is 24.0 Å². The Labute approximate surface area is 277 Å². The molecular formula is C35H36Cl2N6O3. The van der Waals surface area contributed by atoms with Crippen molar-refractivity contribution in [2.24, 2.45) is 7.05 Å². The number of hydrogen-bond donors (Lipinski definition) is 4. The molecule has 1 saturated heterocycles. The van der Waals surface area contributed by atoms with Crippen molar-refractivity contribution in [2.75, 3.05) is 26.8 Å². The van der Waals surface area contributed by atoms with Gasteiger partial charge in [-0.3, -0.25) is 9.78 Å². The van der Waals surface area contributed by atoms with Crippen molar-refractivity contribution in [3.63, 3.8) is 0 Å². The largest absolute Gasteiger partial charge is 0.496 e. The maximum Gasteiger partial charge on any atom is 0.220 e. The van der Waals surface area contributed by atoms with Gasteiger partial charge in [-0.15, -0.1) is 0 Å². The molecule has 1 fully saturated rings. The summed E-state index contributed by atoms with van der Waals surface area (Å²) >= 11 is 14.1. The smallest absolute Gasteiger partial charge is 0.220 e. The Morgan fingerprint density at radius 2 is 1.83 bits per heavy atom. The number of ether oxygens (including phenoxy) is 1. The number of aliphatic hydroxyl groups excluding tert-OH is 1. The highest BCUT2D eigenvalue weighted by atomic mass is 35.5. The SMILES string of the molecule is COc1cc(-c2nccc(-c3cccc(-c4ccc5c(CNCCO)cn(C)c5n4)c3Cl)c2Cl)ccc1CNC[C@H]1CCC(=O)N1. The van der Waals surface area contributed by atoms with Crippen LogP contribution in [-0.4, -0.2) is 58.4 Å².